The molecule has 0 aromatic carbocycles. The van der Waals surface area contributed by atoms with Gasteiger partial charge in [0.2, 0.25) is 0 Å². The summed E-state index contributed by atoms with van der Waals surface area (Å²) in [5.41, 5.74) is 1.86. The number of ketones is 1. The molecular weight excluding hydrogens is 226 g/mol. The van der Waals surface area contributed by atoms with Crippen LogP contribution < -0.4 is 0 Å². The van der Waals surface area contributed by atoms with Crippen LogP contribution in [0.5, 0.6) is 0 Å². The minimum absolute atomic E-state index is 0.0364. The largest absolute Gasteiger partial charge is 0.375 e. The number of pyridine rings is 1. The Morgan fingerprint density at radius 3 is 3.00 bits per heavy atom. The molecule has 0 N–H and O–H groups in total. The zero-order chi connectivity index (χ0) is 12.6. The van der Waals surface area contributed by atoms with E-state index in [0.29, 0.717) is 0 Å². The van der Waals surface area contributed by atoms with E-state index < -0.39 is 0 Å². The molecule has 0 amide bonds. The highest BCUT2D eigenvalue weighted by Crippen LogP contribution is 2.44. The van der Waals surface area contributed by atoms with Crippen LogP contribution in [-0.4, -0.2) is 23.0 Å². The zero-order valence-corrected chi connectivity index (χ0v) is 10.8. The number of nitrogens with zero attached hydrogens (tertiary/aromatic N) is 1. The van der Waals surface area contributed by atoms with E-state index >= 15 is 0 Å². The third kappa shape index (κ3) is 1.97. The number of ether oxygens (including phenoxy) is 1. The van der Waals surface area contributed by atoms with Crippen LogP contribution in [0.1, 0.15) is 48.0 Å². The fraction of sp³-hybridized carbons (Fsp3) is 0.600. The van der Waals surface area contributed by atoms with Gasteiger partial charge in [0, 0.05) is 30.5 Å². The lowest BCUT2D eigenvalue weighted by atomic mass is 9.70. The Morgan fingerprint density at radius 2 is 2.33 bits per heavy atom. The van der Waals surface area contributed by atoms with Gasteiger partial charge in [-0.15, -0.1) is 0 Å². The van der Waals surface area contributed by atoms with Crippen molar-refractivity contribution in [2.24, 2.45) is 5.92 Å². The third-order valence-electron chi connectivity index (χ3n) is 4.43. The van der Waals surface area contributed by atoms with Crippen molar-refractivity contribution < 1.29 is 9.53 Å². The normalized spacial score (nSPS) is 25.7. The summed E-state index contributed by atoms with van der Waals surface area (Å²) in [5.74, 6) is 0.386. The Hall–Kier alpha value is -1.22. The molecule has 1 unspecified atom stereocenters. The minimum atomic E-state index is 0.0364. The molecule has 2 aliphatic rings. The second-order valence-corrected chi connectivity index (χ2v) is 5.63. The maximum absolute atomic E-state index is 12.6. The van der Waals surface area contributed by atoms with Crippen molar-refractivity contribution in [3.8, 4) is 0 Å². The first kappa shape index (κ1) is 11.8. The van der Waals surface area contributed by atoms with Gasteiger partial charge >= 0.3 is 0 Å². The Morgan fingerprint density at radius 1 is 1.50 bits per heavy atom. The quantitative estimate of drug-likeness (QED) is 0.752. The molecular formula is C15H19NO2. The lowest BCUT2D eigenvalue weighted by Crippen LogP contribution is -2.47. The van der Waals surface area contributed by atoms with Crippen molar-refractivity contribution in [3.05, 3.63) is 29.6 Å². The summed E-state index contributed by atoms with van der Waals surface area (Å²) in [5, 5.41) is 0. The molecule has 3 rings (SSSR count). The molecule has 0 bridgehead atoms. The van der Waals surface area contributed by atoms with E-state index in [0.717, 1.165) is 43.4 Å². The molecule has 2 heterocycles. The minimum Gasteiger partial charge on any atom is -0.375 e. The SMILES string of the molecule is Cc1ccncc1C(=O)C1CCOC2(CCC2)C1. The van der Waals surface area contributed by atoms with Gasteiger partial charge in [-0.2, -0.15) is 0 Å². The van der Waals surface area contributed by atoms with E-state index in [9.17, 15) is 4.79 Å². The predicted molar refractivity (Wildman–Crippen MR) is 68.6 cm³/mol. The molecule has 1 aromatic heterocycles. The standard InChI is InChI=1S/C15H19NO2/c1-11-3-7-16-10-13(11)14(17)12-4-8-18-15(9-12)5-2-6-15/h3,7,10,12H,2,4-6,8-9H2,1H3. The van der Waals surface area contributed by atoms with Crippen molar-refractivity contribution in [2.45, 2.75) is 44.6 Å². The van der Waals surface area contributed by atoms with Crippen LogP contribution in [0.3, 0.4) is 0 Å². The van der Waals surface area contributed by atoms with Gasteiger partial charge in [-0.05, 0) is 50.7 Å². The molecule has 3 heteroatoms. The van der Waals surface area contributed by atoms with E-state index in [1.54, 1.807) is 12.4 Å². The van der Waals surface area contributed by atoms with E-state index in [4.69, 9.17) is 4.74 Å². The molecule has 1 saturated carbocycles. The predicted octanol–water partition coefficient (Wildman–Crippen LogP) is 2.92. The molecule has 1 spiro atoms. The van der Waals surface area contributed by atoms with Crippen molar-refractivity contribution in [3.63, 3.8) is 0 Å². The average Bonchev–Trinajstić information content (AvgIpc) is 2.37. The summed E-state index contributed by atoms with van der Waals surface area (Å²) in [6, 6.07) is 1.91. The lowest BCUT2D eigenvalue weighted by molar-refractivity contribution is -0.137. The summed E-state index contributed by atoms with van der Waals surface area (Å²) < 4.78 is 5.88. The summed E-state index contributed by atoms with van der Waals surface area (Å²) in [6.45, 7) is 2.71. The Balaban J connectivity index is 1.78. The lowest BCUT2D eigenvalue weighted by Gasteiger charge is -2.46. The van der Waals surface area contributed by atoms with Gasteiger partial charge in [-0.3, -0.25) is 9.78 Å². The van der Waals surface area contributed by atoms with E-state index in [1.807, 2.05) is 13.0 Å². The molecule has 1 aromatic rings. The third-order valence-corrected chi connectivity index (χ3v) is 4.43. The number of Topliss-reactive ketones (excluding diaryl/α,β-unsaturated/α-hetero) is 1. The highest BCUT2D eigenvalue weighted by molar-refractivity contribution is 5.98. The number of hydrogen-bond acceptors (Lipinski definition) is 3. The van der Waals surface area contributed by atoms with Gasteiger partial charge in [0.25, 0.3) is 0 Å². The first-order chi connectivity index (χ1) is 8.70. The van der Waals surface area contributed by atoms with Crippen molar-refractivity contribution >= 4 is 5.78 Å². The van der Waals surface area contributed by atoms with Crippen LogP contribution in [0.4, 0.5) is 0 Å². The van der Waals surface area contributed by atoms with Crippen molar-refractivity contribution in [1.29, 1.82) is 0 Å². The fourth-order valence-corrected chi connectivity index (χ4v) is 3.11. The van der Waals surface area contributed by atoms with Crippen LogP contribution in [0.15, 0.2) is 18.5 Å². The summed E-state index contributed by atoms with van der Waals surface area (Å²) in [4.78, 5) is 16.6. The van der Waals surface area contributed by atoms with Crippen LogP contribution in [0.25, 0.3) is 0 Å². The van der Waals surface area contributed by atoms with Crippen molar-refractivity contribution in [1.82, 2.24) is 4.98 Å². The van der Waals surface area contributed by atoms with Crippen LogP contribution in [0, 0.1) is 12.8 Å². The average molecular weight is 245 g/mol. The van der Waals surface area contributed by atoms with Crippen molar-refractivity contribution in [2.75, 3.05) is 6.61 Å². The number of carbonyl (C=O) groups excluding carboxylic acids is 1. The zero-order valence-electron chi connectivity index (χ0n) is 10.8. The van der Waals surface area contributed by atoms with Gasteiger partial charge in [0.15, 0.2) is 5.78 Å². The van der Waals surface area contributed by atoms with E-state index in [-0.39, 0.29) is 17.3 Å². The Kier molecular flexibility index (Phi) is 2.94. The van der Waals surface area contributed by atoms with Gasteiger partial charge in [0.1, 0.15) is 0 Å². The smallest absolute Gasteiger partial charge is 0.167 e. The van der Waals surface area contributed by atoms with Crippen LogP contribution in [-0.2, 0) is 4.74 Å². The molecule has 3 nitrogen and oxygen atoms in total. The summed E-state index contributed by atoms with van der Waals surface area (Å²) in [7, 11) is 0. The molecule has 1 aliphatic heterocycles. The van der Waals surface area contributed by atoms with E-state index in [2.05, 4.69) is 4.98 Å². The first-order valence-electron chi connectivity index (χ1n) is 6.79. The maximum Gasteiger partial charge on any atom is 0.167 e. The number of carbonyl (C=O) groups is 1. The summed E-state index contributed by atoms with van der Waals surface area (Å²) in [6.07, 6.45) is 8.71. The molecule has 2 fully saturated rings. The fourth-order valence-electron chi connectivity index (χ4n) is 3.11. The highest BCUT2D eigenvalue weighted by Gasteiger charge is 2.44. The monoisotopic (exact) mass is 245 g/mol. The topological polar surface area (TPSA) is 39.2 Å². The highest BCUT2D eigenvalue weighted by atomic mass is 16.5. The summed E-state index contributed by atoms with van der Waals surface area (Å²) >= 11 is 0. The van der Waals surface area contributed by atoms with Gasteiger partial charge < -0.3 is 4.74 Å². The van der Waals surface area contributed by atoms with E-state index in [1.165, 1.54) is 6.42 Å². The molecule has 96 valence electrons. The van der Waals surface area contributed by atoms with Crippen LogP contribution in [0.2, 0.25) is 0 Å². The second-order valence-electron chi connectivity index (χ2n) is 5.63. The Bertz CT molecular complexity index is 465. The molecule has 0 radical (unpaired) electrons. The molecule has 1 aliphatic carbocycles. The maximum atomic E-state index is 12.6. The second kappa shape index (κ2) is 4.47. The molecule has 1 saturated heterocycles. The number of hydrogen-bond donors (Lipinski definition) is 0. The van der Waals surface area contributed by atoms with Gasteiger partial charge in [-0.25, -0.2) is 0 Å². The van der Waals surface area contributed by atoms with Crippen LogP contribution >= 0.6 is 0 Å². The Labute approximate surface area is 108 Å². The first-order valence-corrected chi connectivity index (χ1v) is 6.79. The van der Waals surface area contributed by atoms with Gasteiger partial charge in [0.05, 0.1) is 5.60 Å². The number of aryl methyl sites for hydroxylation is 1. The molecule has 1 atom stereocenters. The number of aromatic nitrogens is 1. The molecule has 18 heavy (non-hydrogen) atoms. The number of rotatable bonds is 2. The van der Waals surface area contributed by atoms with Gasteiger partial charge in [-0.1, -0.05) is 0 Å².